The molecule has 0 unspecified atom stereocenters. The molecule has 3 aromatic carbocycles. The van der Waals surface area contributed by atoms with Crippen LogP contribution < -0.4 is 4.90 Å². The van der Waals surface area contributed by atoms with E-state index in [1.807, 2.05) is 68.6 Å². The molecule has 0 saturated heterocycles. The number of rotatable bonds is 7. The van der Waals surface area contributed by atoms with Crippen LogP contribution in [0.5, 0.6) is 0 Å². The topological polar surface area (TPSA) is 15.6 Å². The second-order valence-electron chi connectivity index (χ2n) is 7.30. The van der Waals surface area contributed by atoms with Crippen LogP contribution in [0.4, 0.5) is 15.8 Å². The Labute approximate surface area is 186 Å². The summed E-state index contributed by atoms with van der Waals surface area (Å²) in [5.74, 6) is 0.0679. The van der Waals surface area contributed by atoms with Crippen molar-refractivity contribution < 1.29 is 4.39 Å². The Balaban J connectivity index is 0.00000166. The van der Waals surface area contributed by atoms with E-state index in [2.05, 4.69) is 54.9 Å². The highest BCUT2D eigenvalue weighted by Gasteiger charge is 2.10. The fourth-order valence-corrected chi connectivity index (χ4v) is 3.34. The Morgan fingerprint density at radius 3 is 1.97 bits per heavy atom. The molecule has 0 atom stereocenters. The van der Waals surface area contributed by atoms with Gasteiger partial charge in [-0.2, -0.15) is 0 Å². The van der Waals surface area contributed by atoms with Crippen LogP contribution in [0.1, 0.15) is 51.7 Å². The molecule has 162 valence electrons. The van der Waals surface area contributed by atoms with Gasteiger partial charge < -0.3 is 4.90 Å². The smallest absolute Gasteiger partial charge is 0.123 e. The molecule has 0 saturated carbocycles. The lowest BCUT2D eigenvalue weighted by Gasteiger charge is -2.25. The highest BCUT2D eigenvalue weighted by atomic mass is 19.1. The van der Waals surface area contributed by atoms with Crippen LogP contribution in [0.25, 0.3) is 0 Å². The second kappa shape index (κ2) is 12.5. The van der Waals surface area contributed by atoms with E-state index in [1.54, 1.807) is 6.07 Å². The van der Waals surface area contributed by atoms with Gasteiger partial charge in [0.1, 0.15) is 5.82 Å². The highest BCUT2D eigenvalue weighted by Crippen LogP contribution is 2.29. The van der Waals surface area contributed by atoms with Crippen LogP contribution in [-0.4, -0.2) is 6.21 Å². The van der Waals surface area contributed by atoms with Crippen molar-refractivity contribution in [1.29, 1.82) is 0 Å². The van der Waals surface area contributed by atoms with E-state index in [4.69, 9.17) is 0 Å². The Bertz CT molecular complexity index is 937. The molecule has 0 aliphatic rings. The van der Waals surface area contributed by atoms with Crippen LogP contribution in [0, 0.1) is 5.82 Å². The van der Waals surface area contributed by atoms with Crippen LogP contribution in [0.2, 0.25) is 0 Å². The number of benzene rings is 3. The van der Waals surface area contributed by atoms with Gasteiger partial charge in [0, 0.05) is 23.3 Å². The lowest BCUT2D eigenvalue weighted by molar-refractivity contribution is 0.621. The third-order valence-electron chi connectivity index (χ3n) is 4.79. The monoisotopic (exact) mass is 416 g/mol. The number of para-hydroxylation sites is 2. The quantitative estimate of drug-likeness (QED) is 0.354. The summed E-state index contributed by atoms with van der Waals surface area (Å²) in [6, 6.07) is 25.5. The molecule has 0 N–H and O–H groups in total. The van der Waals surface area contributed by atoms with E-state index in [0.29, 0.717) is 6.54 Å². The summed E-state index contributed by atoms with van der Waals surface area (Å²) in [6.07, 6.45) is 3.85. The van der Waals surface area contributed by atoms with Crippen molar-refractivity contribution in [3.8, 4) is 0 Å². The summed E-state index contributed by atoms with van der Waals surface area (Å²) in [7, 11) is 0. The van der Waals surface area contributed by atoms with Gasteiger partial charge in [-0.15, -0.1) is 0 Å². The largest absolute Gasteiger partial charge is 0.314 e. The predicted octanol–water partition coefficient (Wildman–Crippen LogP) is 8.29. The first-order valence-corrected chi connectivity index (χ1v) is 10.9. The lowest BCUT2D eigenvalue weighted by Crippen LogP contribution is -2.14. The van der Waals surface area contributed by atoms with Gasteiger partial charge >= 0.3 is 0 Å². The summed E-state index contributed by atoms with van der Waals surface area (Å²) in [6.45, 7) is 10.8. The molecule has 0 spiro atoms. The fraction of sp³-hybridized carbons (Fsp3) is 0.250. The van der Waals surface area contributed by atoms with Crippen LogP contribution in [0.3, 0.4) is 0 Å². The number of anilines is 2. The standard InChI is InChI=1S/C26H27FN2.C2H6/c1-20(2)26-18-23(27)15-14-22(26)19-28-17-16-21(3)29(24-10-6-4-7-11-24)25-12-8-5-9-13-25;1-2/h4-18,20H,19H2,1-3H3;1-2H3/b21-16+,28-17?;. The lowest BCUT2D eigenvalue weighted by atomic mass is 9.97. The Kier molecular flexibility index (Phi) is 9.70. The maximum atomic E-state index is 13.6. The van der Waals surface area contributed by atoms with Crippen molar-refractivity contribution in [2.75, 3.05) is 4.90 Å². The first-order valence-electron chi connectivity index (χ1n) is 10.9. The van der Waals surface area contributed by atoms with Gasteiger partial charge in [-0.3, -0.25) is 4.99 Å². The van der Waals surface area contributed by atoms with E-state index in [1.165, 1.54) is 6.07 Å². The van der Waals surface area contributed by atoms with Crippen molar-refractivity contribution in [3.63, 3.8) is 0 Å². The minimum absolute atomic E-state index is 0.196. The molecule has 0 bridgehead atoms. The zero-order chi connectivity index (χ0) is 22.6. The highest BCUT2D eigenvalue weighted by molar-refractivity contribution is 5.77. The second-order valence-corrected chi connectivity index (χ2v) is 7.30. The normalized spacial score (nSPS) is 11.4. The summed E-state index contributed by atoms with van der Waals surface area (Å²) >= 11 is 0. The van der Waals surface area contributed by atoms with E-state index in [9.17, 15) is 4.39 Å². The maximum Gasteiger partial charge on any atom is 0.123 e. The molecule has 0 amide bonds. The van der Waals surface area contributed by atoms with Gasteiger partial charge in [-0.1, -0.05) is 70.2 Å². The Morgan fingerprint density at radius 1 is 0.903 bits per heavy atom. The third kappa shape index (κ3) is 6.92. The van der Waals surface area contributed by atoms with Gasteiger partial charge in [0.15, 0.2) is 0 Å². The van der Waals surface area contributed by atoms with Crippen LogP contribution >= 0.6 is 0 Å². The molecule has 3 aromatic rings. The molecular weight excluding hydrogens is 383 g/mol. The van der Waals surface area contributed by atoms with Gasteiger partial charge in [-0.25, -0.2) is 4.39 Å². The van der Waals surface area contributed by atoms with Gasteiger partial charge in [0.05, 0.1) is 6.54 Å². The zero-order valence-electron chi connectivity index (χ0n) is 19.2. The van der Waals surface area contributed by atoms with E-state index >= 15 is 0 Å². The molecule has 0 aliphatic heterocycles. The van der Waals surface area contributed by atoms with Crippen LogP contribution in [0.15, 0.2) is 95.6 Å². The summed E-state index contributed by atoms with van der Waals surface area (Å²) in [5, 5.41) is 0. The number of nitrogens with zero attached hydrogens (tertiary/aromatic N) is 2. The van der Waals surface area contributed by atoms with Crippen molar-refractivity contribution in [3.05, 3.63) is 108 Å². The average Bonchev–Trinajstić information content (AvgIpc) is 2.80. The molecule has 2 nitrogen and oxygen atoms in total. The minimum atomic E-state index is -0.196. The SMILES string of the molecule is C/C(=C\C=NCc1ccc(F)cc1C(C)C)N(c1ccccc1)c1ccccc1.CC. The Morgan fingerprint density at radius 2 is 1.45 bits per heavy atom. The number of aliphatic imine (C=N–C) groups is 1. The number of hydrogen-bond donors (Lipinski definition) is 0. The third-order valence-corrected chi connectivity index (χ3v) is 4.79. The summed E-state index contributed by atoms with van der Waals surface area (Å²) < 4.78 is 13.6. The van der Waals surface area contributed by atoms with E-state index in [-0.39, 0.29) is 11.7 Å². The minimum Gasteiger partial charge on any atom is -0.314 e. The fourth-order valence-electron chi connectivity index (χ4n) is 3.34. The number of allylic oxidation sites excluding steroid dienone is 2. The molecule has 3 heteroatoms. The summed E-state index contributed by atoms with van der Waals surface area (Å²) in [5.41, 5.74) is 5.34. The molecule has 0 aromatic heterocycles. The molecule has 0 radical (unpaired) electrons. The zero-order valence-corrected chi connectivity index (χ0v) is 19.2. The van der Waals surface area contributed by atoms with E-state index in [0.717, 1.165) is 28.2 Å². The van der Waals surface area contributed by atoms with Gasteiger partial charge in [0.25, 0.3) is 0 Å². The molecule has 3 rings (SSSR count). The first kappa shape index (κ1) is 24.1. The van der Waals surface area contributed by atoms with E-state index < -0.39 is 0 Å². The molecule has 0 heterocycles. The summed E-state index contributed by atoms with van der Waals surface area (Å²) in [4.78, 5) is 6.77. The van der Waals surface area contributed by atoms with Crippen LogP contribution in [-0.2, 0) is 6.54 Å². The van der Waals surface area contributed by atoms with Crippen molar-refractivity contribution in [1.82, 2.24) is 0 Å². The molecule has 0 aliphatic carbocycles. The van der Waals surface area contributed by atoms with Gasteiger partial charge in [-0.05, 0) is 66.4 Å². The van der Waals surface area contributed by atoms with Crippen molar-refractivity contribution in [2.24, 2.45) is 4.99 Å². The first-order chi connectivity index (χ1) is 15.1. The molecule has 31 heavy (non-hydrogen) atoms. The molecular formula is C28H33FN2. The number of halogens is 1. The van der Waals surface area contributed by atoms with Gasteiger partial charge in [0.2, 0.25) is 0 Å². The number of hydrogen-bond acceptors (Lipinski definition) is 2. The maximum absolute atomic E-state index is 13.6. The average molecular weight is 417 g/mol. The van der Waals surface area contributed by atoms with Crippen molar-refractivity contribution in [2.45, 2.75) is 47.1 Å². The van der Waals surface area contributed by atoms with Crippen molar-refractivity contribution >= 4 is 17.6 Å². The Hall–Kier alpha value is -3.20. The molecule has 0 fully saturated rings. The predicted molar refractivity (Wildman–Crippen MR) is 133 cm³/mol.